The van der Waals surface area contributed by atoms with Gasteiger partial charge in [0.05, 0.1) is 6.10 Å². The number of nitrogens with two attached hydrogens (primary N) is 1. The van der Waals surface area contributed by atoms with Gasteiger partial charge >= 0.3 is 0 Å². The van der Waals surface area contributed by atoms with Crippen LogP contribution in [0.1, 0.15) is 25.3 Å². The number of nitrogens with zero attached hydrogens (tertiary/aromatic N) is 3. The van der Waals surface area contributed by atoms with Gasteiger partial charge in [-0.05, 0) is 19.3 Å². The zero-order valence-corrected chi connectivity index (χ0v) is 11.0. The van der Waals surface area contributed by atoms with Gasteiger partial charge in [0.1, 0.15) is 18.0 Å². The molecule has 0 radical (unpaired) electrons. The number of aromatic nitrogens is 2. The van der Waals surface area contributed by atoms with Gasteiger partial charge in [0.15, 0.2) is 0 Å². The van der Waals surface area contributed by atoms with Crippen molar-refractivity contribution >= 4 is 11.6 Å². The molecular formula is C12H21N5O. The number of hydrogen-bond donors (Lipinski definition) is 2. The lowest BCUT2D eigenvalue weighted by molar-refractivity contribution is 0.0817. The molecule has 0 bridgehead atoms. The van der Waals surface area contributed by atoms with Crippen molar-refractivity contribution in [3.63, 3.8) is 0 Å². The molecule has 0 aliphatic carbocycles. The van der Waals surface area contributed by atoms with Crippen molar-refractivity contribution in [3.05, 3.63) is 11.9 Å². The smallest absolute Gasteiger partial charge is 0.148 e. The number of ether oxygens (including phenoxy) is 1. The van der Waals surface area contributed by atoms with Crippen LogP contribution >= 0.6 is 0 Å². The van der Waals surface area contributed by atoms with Crippen molar-refractivity contribution in [2.45, 2.75) is 32.3 Å². The Morgan fingerprint density at radius 1 is 1.44 bits per heavy atom. The first-order chi connectivity index (χ1) is 8.80. The maximum absolute atomic E-state index is 5.49. The Morgan fingerprint density at radius 2 is 2.17 bits per heavy atom. The van der Waals surface area contributed by atoms with Crippen molar-refractivity contribution in [2.75, 3.05) is 30.5 Å². The maximum atomic E-state index is 5.49. The van der Waals surface area contributed by atoms with E-state index in [1.165, 1.54) is 0 Å². The molecule has 0 amide bonds. The SMILES string of the molecule is CCc1c(NN)ncnc1N1CCC(OC)CC1. The molecule has 100 valence electrons. The average Bonchev–Trinajstić information content (AvgIpc) is 2.46. The second kappa shape index (κ2) is 5.97. The fourth-order valence-corrected chi connectivity index (χ4v) is 2.43. The van der Waals surface area contributed by atoms with Gasteiger partial charge in [-0.1, -0.05) is 6.92 Å². The highest BCUT2D eigenvalue weighted by Gasteiger charge is 2.22. The molecule has 0 aromatic carbocycles. The number of hydrazine groups is 1. The normalized spacial score (nSPS) is 16.9. The number of anilines is 2. The third kappa shape index (κ3) is 2.54. The molecule has 6 nitrogen and oxygen atoms in total. The summed E-state index contributed by atoms with van der Waals surface area (Å²) >= 11 is 0. The van der Waals surface area contributed by atoms with Gasteiger partial charge < -0.3 is 15.1 Å². The van der Waals surface area contributed by atoms with E-state index >= 15 is 0 Å². The van der Waals surface area contributed by atoms with Crippen LogP contribution in [0.15, 0.2) is 6.33 Å². The van der Waals surface area contributed by atoms with E-state index in [1.54, 1.807) is 13.4 Å². The summed E-state index contributed by atoms with van der Waals surface area (Å²) in [6.07, 6.45) is 4.87. The van der Waals surface area contributed by atoms with Gasteiger partial charge in [0.25, 0.3) is 0 Å². The summed E-state index contributed by atoms with van der Waals surface area (Å²) in [5, 5.41) is 0. The van der Waals surface area contributed by atoms with Gasteiger partial charge in [-0.25, -0.2) is 15.8 Å². The highest BCUT2D eigenvalue weighted by molar-refractivity contribution is 5.58. The number of nitrogens with one attached hydrogen (secondary N) is 1. The Bertz CT molecular complexity index is 390. The molecule has 0 saturated carbocycles. The second-order valence-electron chi connectivity index (χ2n) is 4.44. The van der Waals surface area contributed by atoms with Crippen molar-refractivity contribution in [1.29, 1.82) is 0 Å². The van der Waals surface area contributed by atoms with E-state index in [-0.39, 0.29) is 0 Å². The molecule has 0 atom stereocenters. The van der Waals surface area contributed by atoms with E-state index in [1.807, 2.05) is 0 Å². The van der Waals surface area contributed by atoms with Crippen LogP contribution in [0.4, 0.5) is 11.6 Å². The van der Waals surface area contributed by atoms with Crippen molar-refractivity contribution in [2.24, 2.45) is 5.84 Å². The maximum Gasteiger partial charge on any atom is 0.148 e. The Hall–Kier alpha value is -1.40. The highest BCUT2D eigenvalue weighted by Crippen LogP contribution is 2.26. The molecule has 18 heavy (non-hydrogen) atoms. The monoisotopic (exact) mass is 251 g/mol. The minimum absolute atomic E-state index is 0.375. The summed E-state index contributed by atoms with van der Waals surface area (Å²) in [5.41, 5.74) is 3.72. The summed E-state index contributed by atoms with van der Waals surface area (Å²) < 4.78 is 5.39. The van der Waals surface area contributed by atoms with E-state index in [9.17, 15) is 0 Å². The summed E-state index contributed by atoms with van der Waals surface area (Å²) in [5.74, 6) is 7.20. The second-order valence-corrected chi connectivity index (χ2v) is 4.44. The molecular weight excluding hydrogens is 230 g/mol. The molecule has 3 N–H and O–H groups in total. The van der Waals surface area contributed by atoms with Crippen molar-refractivity contribution in [3.8, 4) is 0 Å². The summed E-state index contributed by atoms with van der Waals surface area (Å²) in [4.78, 5) is 10.9. The van der Waals surface area contributed by atoms with Crippen LogP contribution in [0.3, 0.4) is 0 Å². The van der Waals surface area contributed by atoms with E-state index in [2.05, 4.69) is 27.2 Å². The van der Waals surface area contributed by atoms with Crippen molar-refractivity contribution in [1.82, 2.24) is 9.97 Å². The molecule has 0 unspecified atom stereocenters. The summed E-state index contributed by atoms with van der Waals surface area (Å²) in [6.45, 7) is 4.02. The molecule has 2 rings (SSSR count). The molecule has 0 spiro atoms. The first-order valence-corrected chi connectivity index (χ1v) is 6.38. The molecule has 6 heteroatoms. The standard InChI is InChI=1S/C12H21N5O/c1-3-10-11(16-13)14-8-15-12(10)17-6-4-9(18-2)5-7-17/h8-9H,3-7,13H2,1-2H3,(H,14,15,16). The van der Waals surface area contributed by atoms with Crippen LogP contribution in [0.25, 0.3) is 0 Å². The Morgan fingerprint density at radius 3 is 2.72 bits per heavy atom. The van der Waals surface area contributed by atoms with Crippen molar-refractivity contribution < 1.29 is 4.74 Å². The van der Waals surface area contributed by atoms with E-state index in [0.717, 1.165) is 49.6 Å². The quantitative estimate of drug-likeness (QED) is 0.612. The fraction of sp³-hybridized carbons (Fsp3) is 0.667. The topological polar surface area (TPSA) is 76.3 Å². The van der Waals surface area contributed by atoms with Crippen LogP contribution in [-0.2, 0) is 11.2 Å². The fourth-order valence-electron chi connectivity index (χ4n) is 2.43. The number of rotatable bonds is 4. The first-order valence-electron chi connectivity index (χ1n) is 6.38. The van der Waals surface area contributed by atoms with Gasteiger partial charge in [-0.15, -0.1) is 0 Å². The molecule has 1 aromatic rings. The molecule has 1 aromatic heterocycles. The van der Waals surface area contributed by atoms with Gasteiger partial charge in [-0.3, -0.25) is 0 Å². The Labute approximate surface area is 108 Å². The van der Waals surface area contributed by atoms with Crippen LogP contribution in [0, 0.1) is 0 Å². The lowest BCUT2D eigenvalue weighted by Crippen LogP contribution is -2.37. The predicted molar refractivity (Wildman–Crippen MR) is 71.5 cm³/mol. The number of methoxy groups -OCH3 is 1. The van der Waals surface area contributed by atoms with Gasteiger partial charge in [0.2, 0.25) is 0 Å². The third-order valence-electron chi connectivity index (χ3n) is 3.49. The molecule has 1 fully saturated rings. The zero-order valence-electron chi connectivity index (χ0n) is 11.0. The van der Waals surface area contributed by atoms with Crippen LogP contribution in [-0.4, -0.2) is 36.3 Å². The Balaban J connectivity index is 2.18. The highest BCUT2D eigenvalue weighted by atomic mass is 16.5. The molecule has 1 aliphatic heterocycles. The molecule has 1 saturated heterocycles. The predicted octanol–water partition coefficient (Wildman–Crippen LogP) is 0.940. The van der Waals surface area contributed by atoms with E-state index in [0.29, 0.717) is 6.10 Å². The number of piperidine rings is 1. The van der Waals surface area contributed by atoms with E-state index in [4.69, 9.17) is 10.6 Å². The lowest BCUT2D eigenvalue weighted by Gasteiger charge is -2.33. The number of nitrogen functional groups attached to an aromatic ring is 1. The zero-order chi connectivity index (χ0) is 13.0. The minimum atomic E-state index is 0.375. The molecule has 1 aliphatic rings. The first kappa shape index (κ1) is 13.0. The van der Waals surface area contributed by atoms with E-state index < -0.39 is 0 Å². The summed E-state index contributed by atoms with van der Waals surface area (Å²) in [6, 6.07) is 0. The van der Waals surface area contributed by atoms with Gasteiger partial charge in [-0.2, -0.15) is 0 Å². The lowest BCUT2D eigenvalue weighted by atomic mass is 10.1. The van der Waals surface area contributed by atoms with Crippen LogP contribution in [0.5, 0.6) is 0 Å². The molecule has 2 heterocycles. The summed E-state index contributed by atoms with van der Waals surface area (Å²) in [7, 11) is 1.78. The Kier molecular flexibility index (Phi) is 4.33. The minimum Gasteiger partial charge on any atom is -0.381 e. The van der Waals surface area contributed by atoms with Gasteiger partial charge in [0, 0.05) is 25.8 Å². The van der Waals surface area contributed by atoms with Crippen LogP contribution < -0.4 is 16.2 Å². The third-order valence-corrected chi connectivity index (χ3v) is 3.49. The average molecular weight is 251 g/mol. The largest absolute Gasteiger partial charge is 0.381 e. The van der Waals surface area contributed by atoms with Crippen LogP contribution in [0.2, 0.25) is 0 Å². The number of hydrogen-bond acceptors (Lipinski definition) is 6.